The minimum Gasteiger partial charge on any atom is -0.336 e. The molecule has 0 aliphatic heterocycles. The molecule has 3 nitrogen and oxygen atoms in total. The molecular formula is C3H6ClN2O. The Morgan fingerprint density at radius 3 is 2.57 bits per heavy atom. The Bertz CT molecular complexity index is 66.0. The van der Waals surface area contributed by atoms with Gasteiger partial charge in [-0.25, -0.2) is 10.5 Å². The van der Waals surface area contributed by atoms with E-state index in [1.54, 1.807) is 0 Å². The zero-order valence-electron chi connectivity index (χ0n) is 3.70. The number of urea groups is 1. The van der Waals surface area contributed by atoms with Crippen LogP contribution in [-0.4, -0.2) is 18.5 Å². The monoisotopic (exact) mass is 121 g/mol. The van der Waals surface area contributed by atoms with E-state index in [4.69, 9.17) is 17.3 Å². The van der Waals surface area contributed by atoms with Gasteiger partial charge in [0.05, 0.1) is 0 Å². The third-order valence-corrected chi connectivity index (χ3v) is 0.569. The highest BCUT2D eigenvalue weighted by atomic mass is 35.5. The number of carbonyl (C=O) groups excluding carboxylic acids is 1. The lowest BCUT2D eigenvalue weighted by atomic mass is 10.7. The van der Waals surface area contributed by atoms with Crippen molar-refractivity contribution in [3.05, 3.63) is 0 Å². The molecule has 0 aliphatic carbocycles. The molecule has 2 amide bonds. The number of amides is 2. The fraction of sp³-hybridized carbons (Fsp3) is 0.667. The third-order valence-electron chi connectivity index (χ3n) is 0.380. The average molecular weight is 122 g/mol. The second-order valence-electron chi connectivity index (χ2n) is 0.945. The number of carbonyl (C=O) groups is 1. The summed E-state index contributed by atoms with van der Waals surface area (Å²) in [4.78, 5) is 9.70. The first-order valence-electron chi connectivity index (χ1n) is 1.82. The normalized spacial score (nSPS) is 8.14. The molecule has 0 aromatic heterocycles. The highest BCUT2D eigenvalue weighted by Crippen LogP contribution is 1.67. The van der Waals surface area contributed by atoms with Gasteiger partial charge in [-0.05, 0) is 0 Å². The molecular weight excluding hydrogens is 115 g/mol. The lowest BCUT2D eigenvalue weighted by molar-refractivity contribution is 0.248. The van der Waals surface area contributed by atoms with Crippen molar-refractivity contribution >= 4 is 17.6 Å². The molecule has 4 heteroatoms. The number of hydrogen-bond donors (Lipinski definition) is 1. The summed E-state index contributed by atoms with van der Waals surface area (Å²) in [6, 6.07) is -0.777. The molecule has 0 fully saturated rings. The van der Waals surface area contributed by atoms with E-state index in [1.165, 1.54) is 0 Å². The number of hydrogen-bond acceptors (Lipinski definition) is 1. The largest absolute Gasteiger partial charge is 0.336 e. The molecule has 0 spiro atoms. The van der Waals surface area contributed by atoms with Crippen LogP contribution in [0.15, 0.2) is 0 Å². The summed E-state index contributed by atoms with van der Waals surface area (Å²) >= 11 is 5.15. The first-order valence-corrected chi connectivity index (χ1v) is 2.36. The fourth-order valence-electron chi connectivity index (χ4n) is 0.161. The van der Waals surface area contributed by atoms with Gasteiger partial charge in [-0.1, -0.05) is 0 Å². The van der Waals surface area contributed by atoms with Crippen molar-refractivity contribution in [2.45, 2.75) is 0 Å². The maximum absolute atomic E-state index is 9.70. The molecule has 0 rings (SSSR count). The Hall–Kier alpha value is -0.440. The molecule has 7 heavy (non-hydrogen) atoms. The Morgan fingerprint density at radius 2 is 2.43 bits per heavy atom. The van der Waals surface area contributed by atoms with E-state index in [9.17, 15) is 4.79 Å². The van der Waals surface area contributed by atoms with Gasteiger partial charge in [0.2, 0.25) is 0 Å². The smallest absolute Gasteiger partial charge is 0.333 e. The van der Waals surface area contributed by atoms with E-state index >= 15 is 0 Å². The number of halogens is 1. The van der Waals surface area contributed by atoms with Gasteiger partial charge in [0, 0.05) is 12.4 Å². The zero-order valence-corrected chi connectivity index (χ0v) is 4.46. The summed E-state index contributed by atoms with van der Waals surface area (Å²) in [6.07, 6.45) is 0. The first kappa shape index (κ1) is 6.56. The van der Waals surface area contributed by atoms with E-state index in [-0.39, 0.29) is 0 Å². The summed E-state index contributed by atoms with van der Waals surface area (Å²) in [7, 11) is 0. The van der Waals surface area contributed by atoms with Crippen LogP contribution in [0.25, 0.3) is 0 Å². The van der Waals surface area contributed by atoms with Gasteiger partial charge in [0.15, 0.2) is 0 Å². The summed E-state index contributed by atoms with van der Waals surface area (Å²) in [5, 5.41) is 2.19. The van der Waals surface area contributed by atoms with Gasteiger partial charge in [-0.2, -0.15) is 0 Å². The highest BCUT2D eigenvalue weighted by Gasteiger charge is 1.86. The van der Waals surface area contributed by atoms with Crippen molar-refractivity contribution in [1.82, 2.24) is 11.1 Å². The Labute approximate surface area is 46.8 Å². The van der Waals surface area contributed by atoms with Crippen LogP contribution in [0, 0.1) is 0 Å². The van der Waals surface area contributed by atoms with Crippen molar-refractivity contribution in [1.29, 1.82) is 0 Å². The molecule has 0 aliphatic rings. The van der Waals surface area contributed by atoms with Crippen LogP contribution in [0.1, 0.15) is 0 Å². The number of nitrogens with one attached hydrogen (secondary N) is 2. The van der Waals surface area contributed by atoms with Gasteiger partial charge in [0.1, 0.15) is 0 Å². The maximum Gasteiger partial charge on any atom is 0.333 e. The lowest BCUT2D eigenvalue weighted by Gasteiger charge is -1.91. The van der Waals surface area contributed by atoms with Crippen molar-refractivity contribution in [3.63, 3.8) is 0 Å². The van der Waals surface area contributed by atoms with E-state index < -0.39 is 6.03 Å². The minimum atomic E-state index is -0.777. The molecule has 0 saturated carbocycles. The second kappa shape index (κ2) is 3.74. The number of rotatable bonds is 2. The van der Waals surface area contributed by atoms with E-state index in [2.05, 4.69) is 5.32 Å². The molecule has 0 unspecified atom stereocenters. The van der Waals surface area contributed by atoms with Crippen LogP contribution in [0.3, 0.4) is 0 Å². The van der Waals surface area contributed by atoms with Crippen molar-refractivity contribution in [3.8, 4) is 0 Å². The highest BCUT2D eigenvalue weighted by molar-refractivity contribution is 6.18. The summed E-state index contributed by atoms with van der Waals surface area (Å²) in [5.41, 5.74) is 6.27. The fourth-order valence-corrected chi connectivity index (χ4v) is 0.255. The predicted octanol–water partition coefficient (Wildman–Crippen LogP) is 0.218. The Kier molecular flexibility index (Phi) is 3.50. The molecule has 0 saturated heterocycles. The Morgan fingerprint density at radius 1 is 1.86 bits per heavy atom. The minimum absolute atomic E-state index is 0.366. The molecule has 0 heterocycles. The quantitative estimate of drug-likeness (QED) is 0.522. The molecule has 41 valence electrons. The van der Waals surface area contributed by atoms with Gasteiger partial charge in [-0.3, -0.25) is 0 Å². The first-order chi connectivity index (χ1) is 3.27. The van der Waals surface area contributed by atoms with Crippen molar-refractivity contribution in [2.24, 2.45) is 0 Å². The number of alkyl halides is 1. The molecule has 0 aromatic carbocycles. The van der Waals surface area contributed by atoms with Gasteiger partial charge in [0.25, 0.3) is 0 Å². The summed E-state index contributed by atoms with van der Waals surface area (Å²) in [5.74, 6) is 0.366. The Balaban J connectivity index is 2.82. The average Bonchev–Trinajstić information content (AvgIpc) is 1.61. The van der Waals surface area contributed by atoms with Crippen LogP contribution in [0.5, 0.6) is 0 Å². The van der Waals surface area contributed by atoms with Gasteiger partial charge < -0.3 is 5.32 Å². The molecule has 0 aromatic rings. The third kappa shape index (κ3) is 5.56. The van der Waals surface area contributed by atoms with Crippen LogP contribution >= 0.6 is 11.6 Å². The van der Waals surface area contributed by atoms with E-state index in [0.29, 0.717) is 12.4 Å². The van der Waals surface area contributed by atoms with Crippen LogP contribution in [-0.2, 0) is 0 Å². The molecule has 1 radical (unpaired) electrons. The van der Waals surface area contributed by atoms with Crippen LogP contribution in [0.4, 0.5) is 4.79 Å². The van der Waals surface area contributed by atoms with E-state index in [1.807, 2.05) is 0 Å². The molecule has 2 N–H and O–H groups in total. The maximum atomic E-state index is 9.70. The second-order valence-corrected chi connectivity index (χ2v) is 1.32. The summed E-state index contributed by atoms with van der Waals surface area (Å²) in [6.45, 7) is 0.379. The van der Waals surface area contributed by atoms with Gasteiger partial charge in [-0.15, -0.1) is 11.6 Å². The zero-order chi connectivity index (χ0) is 5.70. The van der Waals surface area contributed by atoms with Crippen molar-refractivity contribution in [2.75, 3.05) is 12.4 Å². The van der Waals surface area contributed by atoms with E-state index in [0.717, 1.165) is 0 Å². The van der Waals surface area contributed by atoms with Crippen molar-refractivity contribution < 1.29 is 4.79 Å². The topological polar surface area (TPSA) is 52.9 Å². The summed E-state index contributed by atoms with van der Waals surface area (Å²) < 4.78 is 0. The standard InChI is InChI=1S/C3H6ClN2O/c4-1-2-6-3(5)7/h5H,1-2H2,(H,6,7). The SMILES string of the molecule is [NH]C(=O)NCCCl. The van der Waals surface area contributed by atoms with Crippen LogP contribution in [0.2, 0.25) is 0 Å². The molecule has 0 bridgehead atoms. The molecule has 0 atom stereocenters. The predicted molar refractivity (Wildman–Crippen MR) is 27.2 cm³/mol. The lowest BCUT2D eigenvalue weighted by Crippen LogP contribution is -2.23. The van der Waals surface area contributed by atoms with Gasteiger partial charge >= 0.3 is 6.03 Å². The van der Waals surface area contributed by atoms with Crippen LogP contribution < -0.4 is 11.1 Å².